The predicted octanol–water partition coefficient (Wildman–Crippen LogP) is -1.30. The fourth-order valence-electron chi connectivity index (χ4n) is 2.61. The molecular weight excluding hydrogens is 492 g/mol. The van der Waals surface area contributed by atoms with E-state index in [0.717, 1.165) is 0 Å². The Morgan fingerprint density at radius 2 is 1.21 bits per heavy atom. The lowest BCUT2D eigenvalue weighted by Crippen LogP contribution is -2.57. The van der Waals surface area contributed by atoms with Crippen molar-refractivity contribution in [2.45, 2.75) is 56.3 Å². The molecule has 0 rings (SSSR count). The number of carboxylic acids is 3. The van der Waals surface area contributed by atoms with Crippen molar-refractivity contribution in [1.82, 2.24) is 16.0 Å². The van der Waals surface area contributed by atoms with Crippen molar-refractivity contribution < 1.29 is 44.1 Å². The molecule has 194 valence electrons. The lowest BCUT2D eigenvalue weighted by molar-refractivity contribution is -0.143. The van der Waals surface area contributed by atoms with E-state index in [2.05, 4.69) is 16.0 Å². The largest absolute Gasteiger partial charge is 0.481 e. The van der Waals surface area contributed by atoms with E-state index in [-0.39, 0.29) is 19.3 Å². The van der Waals surface area contributed by atoms with Crippen molar-refractivity contribution in [1.29, 1.82) is 0 Å². The van der Waals surface area contributed by atoms with E-state index < -0.39 is 72.6 Å². The van der Waals surface area contributed by atoms with Crippen LogP contribution in [-0.4, -0.2) is 99.1 Å². The number of carbonyl (C=O) groups excluding carboxylic acids is 3. The molecule has 4 atom stereocenters. The average Bonchev–Trinajstić information content (AvgIpc) is 2.75. The van der Waals surface area contributed by atoms with Crippen molar-refractivity contribution in [2.24, 2.45) is 5.73 Å². The van der Waals surface area contributed by atoms with Gasteiger partial charge in [-0.15, -0.1) is 0 Å². The second-order valence-corrected chi connectivity index (χ2v) is 9.19. The number of hydrogen-bond donors (Lipinski definition) is 7. The molecule has 0 bridgehead atoms. The van der Waals surface area contributed by atoms with Crippen molar-refractivity contribution in [3.8, 4) is 0 Å². The van der Waals surface area contributed by atoms with Crippen LogP contribution in [0.3, 0.4) is 0 Å². The zero-order valence-corrected chi connectivity index (χ0v) is 20.6. The van der Waals surface area contributed by atoms with Crippen LogP contribution in [0.5, 0.6) is 0 Å². The van der Waals surface area contributed by atoms with E-state index in [1.54, 1.807) is 6.26 Å². The highest BCUT2D eigenvalue weighted by atomic mass is 32.2. The Balaban J connectivity index is 5.51. The first-order valence-corrected chi connectivity index (χ1v) is 13.0. The Kier molecular flexibility index (Phi) is 15.7. The van der Waals surface area contributed by atoms with Gasteiger partial charge < -0.3 is 37.0 Å². The van der Waals surface area contributed by atoms with Gasteiger partial charge >= 0.3 is 17.9 Å². The van der Waals surface area contributed by atoms with Crippen LogP contribution in [0.25, 0.3) is 0 Å². The van der Waals surface area contributed by atoms with Gasteiger partial charge in [0.05, 0.1) is 12.5 Å². The van der Waals surface area contributed by atoms with E-state index in [4.69, 9.17) is 15.9 Å². The van der Waals surface area contributed by atoms with Gasteiger partial charge in [0.1, 0.15) is 18.1 Å². The molecule has 15 heteroatoms. The van der Waals surface area contributed by atoms with Gasteiger partial charge in [-0.1, -0.05) is 0 Å². The molecular formula is C19H32N4O9S2. The third-order valence-corrected chi connectivity index (χ3v) is 5.77. The molecule has 0 saturated heterocycles. The fourth-order valence-corrected chi connectivity index (χ4v) is 3.57. The number of nitrogens with one attached hydrogen (secondary N) is 3. The number of carbonyl (C=O) groups is 6. The summed E-state index contributed by atoms with van der Waals surface area (Å²) in [5, 5.41) is 34.1. The van der Waals surface area contributed by atoms with Crippen LogP contribution in [0, 0.1) is 0 Å². The van der Waals surface area contributed by atoms with Gasteiger partial charge in [-0.3, -0.25) is 24.0 Å². The van der Waals surface area contributed by atoms with Gasteiger partial charge in [0.2, 0.25) is 17.7 Å². The van der Waals surface area contributed by atoms with E-state index in [1.807, 2.05) is 6.26 Å². The zero-order valence-electron chi connectivity index (χ0n) is 18.9. The maximum absolute atomic E-state index is 12.7. The Morgan fingerprint density at radius 1 is 0.706 bits per heavy atom. The minimum Gasteiger partial charge on any atom is -0.481 e. The molecule has 0 fully saturated rings. The smallest absolute Gasteiger partial charge is 0.326 e. The third kappa shape index (κ3) is 13.3. The van der Waals surface area contributed by atoms with Gasteiger partial charge in [0, 0.05) is 6.42 Å². The second kappa shape index (κ2) is 17.0. The van der Waals surface area contributed by atoms with Crippen LogP contribution in [0.1, 0.15) is 32.1 Å². The predicted molar refractivity (Wildman–Crippen MR) is 127 cm³/mol. The first kappa shape index (κ1) is 31.5. The van der Waals surface area contributed by atoms with E-state index >= 15 is 0 Å². The molecule has 0 aliphatic carbocycles. The molecule has 0 saturated carbocycles. The summed E-state index contributed by atoms with van der Waals surface area (Å²) < 4.78 is 0. The van der Waals surface area contributed by atoms with E-state index in [0.29, 0.717) is 11.5 Å². The van der Waals surface area contributed by atoms with Crippen LogP contribution in [-0.2, 0) is 28.8 Å². The summed E-state index contributed by atoms with van der Waals surface area (Å²) in [7, 11) is 0. The summed E-state index contributed by atoms with van der Waals surface area (Å²) in [6.45, 7) is 0. The molecule has 0 aromatic heterocycles. The van der Waals surface area contributed by atoms with Crippen LogP contribution < -0.4 is 21.7 Å². The third-order valence-electron chi connectivity index (χ3n) is 4.49. The number of amides is 3. The van der Waals surface area contributed by atoms with Gasteiger partial charge in [-0.05, 0) is 43.3 Å². The summed E-state index contributed by atoms with van der Waals surface area (Å²) in [4.78, 5) is 71.2. The van der Waals surface area contributed by atoms with Crippen molar-refractivity contribution in [3.63, 3.8) is 0 Å². The number of rotatable bonds is 18. The lowest BCUT2D eigenvalue weighted by atomic mass is 10.1. The number of nitrogens with two attached hydrogens (primary N) is 1. The van der Waals surface area contributed by atoms with Crippen molar-refractivity contribution >= 4 is 59.2 Å². The molecule has 0 radical (unpaired) electrons. The molecule has 8 N–H and O–H groups in total. The van der Waals surface area contributed by atoms with Crippen LogP contribution in [0.4, 0.5) is 0 Å². The fraction of sp³-hybridized carbons (Fsp3) is 0.684. The second-order valence-electron chi connectivity index (χ2n) is 7.22. The Hall–Kier alpha value is -2.52. The quantitative estimate of drug-likeness (QED) is 0.111. The van der Waals surface area contributed by atoms with Gasteiger partial charge in [-0.2, -0.15) is 23.5 Å². The molecule has 0 aromatic carbocycles. The molecule has 0 heterocycles. The van der Waals surface area contributed by atoms with Gasteiger partial charge in [-0.25, -0.2) is 4.79 Å². The van der Waals surface area contributed by atoms with Crippen molar-refractivity contribution in [3.05, 3.63) is 0 Å². The number of hydrogen-bond acceptors (Lipinski definition) is 9. The van der Waals surface area contributed by atoms with E-state index in [9.17, 15) is 33.9 Å². The molecule has 0 aromatic rings. The monoisotopic (exact) mass is 524 g/mol. The normalized spacial score (nSPS) is 14.2. The van der Waals surface area contributed by atoms with Crippen LogP contribution in [0.2, 0.25) is 0 Å². The number of thioether (sulfide) groups is 2. The lowest BCUT2D eigenvalue weighted by Gasteiger charge is -2.24. The highest BCUT2D eigenvalue weighted by Gasteiger charge is 2.31. The number of carboxylic acid groups (broad SMARTS) is 3. The highest BCUT2D eigenvalue weighted by molar-refractivity contribution is 7.98. The van der Waals surface area contributed by atoms with Crippen molar-refractivity contribution in [2.75, 3.05) is 24.0 Å². The average molecular weight is 525 g/mol. The first-order valence-electron chi connectivity index (χ1n) is 10.2. The first-order chi connectivity index (χ1) is 15.9. The summed E-state index contributed by atoms with van der Waals surface area (Å²) in [6.07, 6.45) is 2.20. The Morgan fingerprint density at radius 3 is 1.71 bits per heavy atom. The van der Waals surface area contributed by atoms with Gasteiger partial charge in [0.15, 0.2) is 0 Å². The molecule has 0 aliphatic rings. The number of aliphatic carboxylic acids is 3. The maximum atomic E-state index is 12.7. The van der Waals surface area contributed by atoms with Crippen LogP contribution in [0.15, 0.2) is 0 Å². The SMILES string of the molecule is CSCCC(N)C(=O)NC(CC(=O)O)C(=O)NC(CCC(=O)O)C(=O)NC(CCSC)C(=O)O. The standard InChI is InChI=1S/C19H32N4O9S2/c1-33-7-5-10(20)16(28)23-13(9-15(26)27)18(30)21-11(3-4-14(24)25)17(29)22-12(19(31)32)6-8-34-2/h10-13H,3-9,20H2,1-2H3,(H,21,30)(H,22,29)(H,23,28)(H,24,25)(H,26,27)(H,31,32). The molecule has 0 aliphatic heterocycles. The molecule has 3 amide bonds. The van der Waals surface area contributed by atoms with Crippen LogP contribution >= 0.6 is 23.5 Å². The minimum atomic E-state index is -1.59. The Labute approximate surface area is 205 Å². The Bertz CT molecular complexity index is 739. The summed E-state index contributed by atoms with van der Waals surface area (Å²) in [6, 6.07) is -5.32. The topological polar surface area (TPSA) is 225 Å². The molecule has 0 spiro atoms. The summed E-state index contributed by atoms with van der Waals surface area (Å²) in [5.74, 6) is -5.75. The van der Waals surface area contributed by atoms with E-state index in [1.165, 1.54) is 23.5 Å². The van der Waals surface area contributed by atoms with Gasteiger partial charge in [0.25, 0.3) is 0 Å². The highest BCUT2D eigenvalue weighted by Crippen LogP contribution is 2.06. The summed E-state index contributed by atoms with van der Waals surface area (Å²) >= 11 is 2.81. The maximum Gasteiger partial charge on any atom is 0.326 e. The summed E-state index contributed by atoms with van der Waals surface area (Å²) in [5.41, 5.74) is 5.74. The molecule has 4 unspecified atom stereocenters. The molecule has 34 heavy (non-hydrogen) atoms. The zero-order chi connectivity index (χ0) is 26.3. The minimum absolute atomic E-state index is 0.0907. The molecule has 13 nitrogen and oxygen atoms in total.